The second kappa shape index (κ2) is 7.03. The third-order valence-electron chi connectivity index (χ3n) is 3.95. The summed E-state index contributed by atoms with van der Waals surface area (Å²) < 4.78 is 0. The Morgan fingerprint density at radius 1 is 1.25 bits per heavy atom. The lowest BCUT2D eigenvalue weighted by atomic mass is 10.0. The molecule has 6 heteroatoms. The van der Waals surface area contributed by atoms with Gasteiger partial charge in [0.25, 0.3) is 0 Å². The molecule has 3 rings (SSSR count). The fraction of sp³-hybridized carbons (Fsp3) is 0.222. The second-order valence-corrected chi connectivity index (χ2v) is 6.19. The van der Waals surface area contributed by atoms with E-state index in [0.717, 1.165) is 16.6 Å². The number of H-pyrrole nitrogens is 1. The van der Waals surface area contributed by atoms with E-state index in [1.807, 2.05) is 24.3 Å². The molecule has 24 heavy (non-hydrogen) atoms. The van der Waals surface area contributed by atoms with Crippen molar-refractivity contribution in [2.24, 2.45) is 0 Å². The first-order valence-corrected chi connectivity index (χ1v) is 8.07. The van der Waals surface area contributed by atoms with Crippen LogP contribution in [0, 0.1) is 0 Å². The number of aromatic nitrogens is 2. The van der Waals surface area contributed by atoms with Gasteiger partial charge in [-0.3, -0.25) is 9.89 Å². The van der Waals surface area contributed by atoms with Gasteiger partial charge in [0, 0.05) is 10.4 Å². The van der Waals surface area contributed by atoms with Gasteiger partial charge in [-0.1, -0.05) is 41.9 Å². The minimum absolute atomic E-state index is 0.176. The molecule has 0 saturated heterocycles. The number of rotatable bonds is 5. The maximum atomic E-state index is 12.3. The third-order valence-corrected chi connectivity index (χ3v) is 4.20. The standard InChI is InChI=1S/C18H18ClN3O2/c1-11(18(24)12-6-8-13(19)9-7-12)20-17(23)10-16-14-4-2-3-5-15(14)21-22-16/h2-9,11,18,24H,10H2,1H3,(H,20,23)(H,21,22). The van der Waals surface area contributed by atoms with Gasteiger partial charge in [0.1, 0.15) is 0 Å². The number of aliphatic hydroxyl groups excluding tert-OH is 1. The summed E-state index contributed by atoms with van der Waals surface area (Å²) in [6.45, 7) is 1.77. The van der Waals surface area contributed by atoms with Crippen LogP contribution in [0.4, 0.5) is 0 Å². The van der Waals surface area contributed by atoms with Crippen LogP contribution in [0.3, 0.4) is 0 Å². The molecule has 0 fully saturated rings. The van der Waals surface area contributed by atoms with Crippen LogP contribution in [0.25, 0.3) is 10.9 Å². The van der Waals surface area contributed by atoms with E-state index in [2.05, 4.69) is 15.5 Å². The molecule has 0 aliphatic rings. The van der Waals surface area contributed by atoms with Crippen LogP contribution >= 0.6 is 11.6 Å². The van der Waals surface area contributed by atoms with Crippen LogP contribution in [-0.4, -0.2) is 27.3 Å². The molecule has 3 N–H and O–H groups in total. The van der Waals surface area contributed by atoms with Gasteiger partial charge in [0.15, 0.2) is 0 Å². The molecule has 2 unspecified atom stereocenters. The Balaban J connectivity index is 1.64. The Bertz CT molecular complexity index is 845. The average molecular weight is 344 g/mol. The van der Waals surface area contributed by atoms with Gasteiger partial charge in [0.05, 0.1) is 29.8 Å². The molecule has 1 amide bonds. The Kier molecular flexibility index (Phi) is 4.83. The number of amides is 1. The fourth-order valence-corrected chi connectivity index (χ4v) is 2.77. The molecule has 1 heterocycles. The van der Waals surface area contributed by atoms with Gasteiger partial charge < -0.3 is 10.4 Å². The van der Waals surface area contributed by atoms with Crippen molar-refractivity contribution in [2.45, 2.75) is 25.5 Å². The monoisotopic (exact) mass is 343 g/mol. The molecule has 124 valence electrons. The zero-order valence-electron chi connectivity index (χ0n) is 13.2. The van der Waals surface area contributed by atoms with Crippen molar-refractivity contribution in [2.75, 3.05) is 0 Å². The molecule has 0 spiro atoms. The van der Waals surface area contributed by atoms with Gasteiger partial charge in [-0.25, -0.2) is 0 Å². The predicted octanol–water partition coefficient (Wildman–Crippen LogP) is 3.00. The number of nitrogens with zero attached hydrogens (tertiary/aromatic N) is 1. The number of aliphatic hydroxyl groups is 1. The average Bonchev–Trinajstić information content (AvgIpc) is 2.98. The van der Waals surface area contributed by atoms with E-state index in [4.69, 9.17) is 11.6 Å². The minimum Gasteiger partial charge on any atom is -0.386 e. The molecule has 2 aromatic carbocycles. The van der Waals surface area contributed by atoms with E-state index in [1.165, 1.54) is 0 Å². The van der Waals surface area contributed by atoms with E-state index in [-0.39, 0.29) is 12.3 Å². The summed E-state index contributed by atoms with van der Waals surface area (Å²) in [5.41, 5.74) is 2.30. The first-order valence-electron chi connectivity index (χ1n) is 7.69. The zero-order chi connectivity index (χ0) is 17.1. The molecular formula is C18H18ClN3O2. The molecule has 0 saturated carbocycles. The number of hydrogen-bond donors (Lipinski definition) is 3. The molecule has 0 bridgehead atoms. The van der Waals surface area contributed by atoms with E-state index in [9.17, 15) is 9.90 Å². The Labute approximate surface area is 144 Å². The van der Waals surface area contributed by atoms with E-state index < -0.39 is 12.1 Å². The van der Waals surface area contributed by atoms with E-state index >= 15 is 0 Å². The molecule has 0 aliphatic heterocycles. The van der Waals surface area contributed by atoms with Crippen molar-refractivity contribution in [3.63, 3.8) is 0 Å². The van der Waals surface area contributed by atoms with Crippen LogP contribution in [0.1, 0.15) is 24.3 Å². The topological polar surface area (TPSA) is 78.0 Å². The molecule has 3 aromatic rings. The number of benzene rings is 2. The number of hydrogen-bond acceptors (Lipinski definition) is 3. The third kappa shape index (κ3) is 3.58. The molecule has 0 radical (unpaired) electrons. The highest BCUT2D eigenvalue weighted by molar-refractivity contribution is 6.30. The van der Waals surface area contributed by atoms with Crippen molar-refractivity contribution >= 4 is 28.4 Å². The van der Waals surface area contributed by atoms with Crippen LogP contribution in [0.5, 0.6) is 0 Å². The minimum atomic E-state index is -0.801. The van der Waals surface area contributed by atoms with E-state index in [1.54, 1.807) is 31.2 Å². The van der Waals surface area contributed by atoms with Crippen molar-refractivity contribution in [1.29, 1.82) is 0 Å². The van der Waals surface area contributed by atoms with Crippen molar-refractivity contribution in [1.82, 2.24) is 15.5 Å². The summed E-state index contributed by atoms with van der Waals surface area (Å²) in [4.78, 5) is 12.3. The van der Waals surface area contributed by atoms with Gasteiger partial charge in [-0.05, 0) is 30.7 Å². The molecule has 1 aromatic heterocycles. The summed E-state index contributed by atoms with van der Waals surface area (Å²) in [5, 5.41) is 21.8. The predicted molar refractivity (Wildman–Crippen MR) is 93.8 cm³/mol. The number of para-hydroxylation sites is 1. The van der Waals surface area contributed by atoms with Crippen LogP contribution in [-0.2, 0) is 11.2 Å². The lowest BCUT2D eigenvalue weighted by molar-refractivity contribution is -0.121. The maximum absolute atomic E-state index is 12.3. The number of halogens is 1. The van der Waals surface area contributed by atoms with E-state index in [0.29, 0.717) is 10.6 Å². The normalized spacial score (nSPS) is 13.6. The highest BCUT2D eigenvalue weighted by Gasteiger charge is 2.19. The quantitative estimate of drug-likeness (QED) is 0.666. The zero-order valence-corrected chi connectivity index (χ0v) is 13.9. The van der Waals surface area contributed by atoms with Gasteiger partial charge in [-0.2, -0.15) is 5.10 Å². The Morgan fingerprint density at radius 3 is 2.71 bits per heavy atom. The van der Waals surface area contributed by atoms with Crippen molar-refractivity contribution < 1.29 is 9.90 Å². The fourth-order valence-electron chi connectivity index (χ4n) is 2.64. The largest absolute Gasteiger partial charge is 0.386 e. The van der Waals surface area contributed by atoms with Crippen molar-refractivity contribution in [3.8, 4) is 0 Å². The number of nitrogens with one attached hydrogen (secondary N) is 2. The molecule has 2 atom stereocenters. The first kappa shape index (κ1) is 16.5. The summed E-state index contributed by atoms with van der Waals surface area (Å²) in [6, 6.07) is 14.1. The van der Waals surface area contributed by atoms with Crippen molar-refractivity contribution in [3.05, 3.63) is 64.8 Å². The van der Waals surface area contributed by atoms with Crippen LogP contribution in [0.2, 0.25) is 5.02 Å². The maximum Gasteiger partial charge on any atom is 0.226 e. The van der Waals surface area contributed by atoms with Crippen LogP contribution in [0.15, 0.2) is 48.5 Å². The van der Waals surface area contributed by atoms with Gasteiger partial charge in [-0.15, -0.1) is 0 Å². The lowest BCUT2D eigenvalue weighted by Gasteiger charge is -2.20. The summed E-state index contributed by atoms with van der Waals surface area (Å²) in [7, 11) is 0. The molecule has 0 aliphatic carbocycles. The Morgan fingerprint density at radius 2 is 1.96 bits per heavy atom. The van der Waals surface area contributed by atoms with Gasteiger partial charge in [0.2, 0.25) is 5.91 Å². The summed E-state index contributed by atoms with van der Waals surface area (Å²) in [5.74, 6) is -0.176. The number of carbonyl (C=O) groups excluding carboxylic acids is 1. The Hall–Kier alpha value is -2.37. The number of carbonyl (C=O) groups is 1. The lowest BCUT2D eigenvalue weighted by Crippen LogP contribution is -2.38. The second-order valence-electron chi connectivity index (χ2n) is 5.75. The molecular weight excluding hydrogens is 326 g/mol. The highest BCUT2D eigenvalue weighted by Crippen LogP contribution is 2.20. The highest BCUT2D eigenvalue weighted by atomic mass is 35.5. The van der Waals surface area contributed by atoms with Gasteiger partial charge >= 0.3 is 0 Å². The first-order chi connectivity index (χ1) is 11.5. The summed E-state index contributed by atoms with van der Waals surface area (Å²) in [6.07, 6.45) is -0.622. The smallest absolute Gasteiger partial charge is 0.226 e. The number of fused-ring (bicyclic) bond motifs is 1. The van der Waals surface area contributed by atoms with Crippen LogP contribution < -0.4 is 5.32 Å². The summed E-state index contributed by atoms with van der Waals surface area (Å²) >= 11 is 5.85. The SMILES string of the molecule is CC(NC(=O)Cc1[nH]nc2ccccc12)C(O)c1ccc(Cl)cc1. The molecule has 5 nitrogen and oxygen atoms in total. The number of aromatic amines is 1.